The number of aromatic nitrogens is 2. The molecule has 0 bridgehead atoms. The SMILES string of the molecule is CC(C)NCc1cn[nH]c1S(=O)(=O)NCCN1CCCC1. The van der Waals surface area contributed by atoms with E-state index in [4.69, 9.17) is 0 Å². The zero-order valence-electron chi connectivity index (χ0n) is 12.7. The number of likely N-dealkylation sites (tertiary alicyclic amines) is 1. The Morgan fingerprint density at radius 2 is 2.10 bits per heavy atom. The number of hydrogen-bond acceptors (Lipinski definition) is 5. The molecule has 3 N–H and O–H groups in total. The van der Waals surface area contributed by atoms with Crippen molar-refractivity contribution in [1.29, 1.82) is 0 Å². The maximum absolute atomic E-state index is 12.3. The predicted octanol–water partition coefficient (Wildman–Crippen LogP) is 0.282. The van der Waals surface area contributed by atoms with Crippen LogP contribution in [0.25, 0.3) is 0 Å². The third kappa shape index (κ3) is 4.77. The monoisotopic (exact) mass is 315 g/mol. The maximum Gasteiger partial charge on any atom is 0.257 e. The number of nitrogens with zero attached hydrogens (tertiary/aromatic N) is 2. The normalized spacial score (nSPS) is 16.9. The van der Waals surface area contributed by atoms with Crippen molar-refractivity contribution in [3.8, 4) is 0 Å². The Kier molecular flexibility index (Phi) is 5.74. The Morgan fingerprint density at radius 1 is 1.38 bits per heavy atom. The summed E-state index contributed by atoms with van der Waals surface area (Å²) in [4.78, 5) is 2.27. The van der Waals surface area contributed by atoms with Gasteiger partial charge in [-0.2, -0.15) is 5.10 Å². The molecule has 1 aromatic heterocycles. The van der Waals surface area contributed by atoms with Gasteiger partial charge in [-0.1, -0.05) is 13.8 Å². The molecule has 8 heteroatoms. The molecule has 21 heavy (non-hydrogen) atoms. The van der Waals surface area contributed by atoms with Gasteiger partial charge in [-0.25, -0.2) is 13.1 Å². The highest BCUT2D eigenvalue weighted by atomic mass is 32.2. The van der Waals surface area contributed by atoms with Gasteiger partial charge in [0, 0.05) is 31.2 Å². The molecule has 0 unspecified atom stereocenters. The Balaban J connectivity index is 1.90. The number of hydrogen-bond donors (Lipinski definition) is 3. The first-order chi connectivity index (χ1) is 9.99. The summed E-state index contributed by atoms with van der Waals surface area (Å²) in [6.07, 6.45) is 3.97. The van der Waals surface area contributed by atoms with Crippen molar-refractivity contribution in [2.45, 2.75) is 44.3 Å². The minimum atomic E-state index is -3.52. The summed E-state index contributed by atoms with van der Waals surface area (Å²) in [5, 5.41) is 9.82. The van der Waals surface area contributed by atoms with E-state index in [9.17, 15) is 8.42 Å². The number of rotatable bonds is 8. The van der Waals surface area contributed by atoms with Crippen LogP contribution in [0.3, 0.4) is 0 Å². The van der Waals surface area contributed by atoms with Gasteiger partial charge in [-0.3, -0.25) is 5.10 Å². The third-order valence-electron chi connectivity index (χ3n) is 3.57. The van der Waals surface area contributed by atoms with Crippen molar-refractivity contribution < 1.29 is 8.42 Å². The maximum atomic E-state index is 12.3. The van der Waals surface area contributed by atoms with Crippen LogP contribution in [0.2, 0.25) is 0 Å². The molecule has 0 aliphatic carbocycles. The lowest BCUT2D eigenvalue weighted by Gasteiger charge is -2.15. The van der Waals surface area contributed by atoms with E-state index in [1.165, 1.54) is 12.8 Å². The van der Waals surface area contributed by atoms with Crippen molar-refractivity contribution in [1.82, 2.24) is 25.1 Å². The topological polar surface area (TPSA) is 90.1 Å². The fraction of sp³-hybridized carbons (Fsp3) is 0.769. The van der Waals surface area contributed by atoms with Crippen LogP contribution < -0.4 is 10.0 Å². The van der Waals surface area contributed by atoms with E-state index < -0.39 is 10.0 Å². The van der Waals surface area contributed by atoms with Crippen LogP contribution in [0.15, 0.2) is 11.2 Å². The standard InChI is InChI=1S/C13H25N5O2S/c1-11(2)14-9-12-10-15-17-13(12)21(19,20)16-5-8-18-6-3-4-7-18/h10-11,14,16H,3-9H2,1-2H3,(H,15,17). The zero-order valence-corrected chi connectivity index (χ0v) is 13.5. The number of aromatic amines is 1. The molecule has 1 aromatic rings. The lowest BCUT2D eigenvalue weighted by Crippen LogP contribution is -2.34. The molecule has 0 spiro atoms. The number of H-pyrrole nitrogens is 1. The van der Waals surface area contributed by atoms with Crippen molar-refractivity contribution in [3.05, 3.63) is 11.8 Å². The lowest BCUT2D eigenvalue weighted by atomic mass is 10.3. The van der Waals surface area contributed by atoms with E-state index in [1.807, 2.05) is 13.8 Å². The summed E-state index contributed by atoms with van der Waals surface area (Å²) in [6.45, 7) is 7.83. The molecule has 1 fully saturated rings. The Labute approximate surface area is 126 Å². The number of nitrogens with one attached hydrogen (secondary N) is 3. The fourth-order valence-electron chi connectivity index (χ4n) is 2.39. The van der Waals surface area contributed by atoms with Crippen LogP contribution in [0, 0.1) is 0 Å². The molecule has 0 amide bonds. The van der Waals surface area contributed by atoms with Gasteiger partial charge in [0.05, 0.1) is 6.20 Å². The highest BCUT2D eigenvalue weighted by Crippen LogP contribution is 2.12. The summed E-state index contributed by atoms with van der Waals surface area (Å²) >= 11 is 0. The largest absolute Gasteiger partial charge is 0.310 e. The first kappa shape index (κ1) is 16.4. The van der Waals surface area contributed by atoms with Gasteiger partial charge in [0.25, 0.3) is 10.0 Å². The molecule has 0 radical (unpaired) electrons. The van der Waals surface area contributed by atoms with E-state index >= 15 is 0 Å². The molecule has 0 saturated carbocycles. The van der Waals surface area contributed by atoms with E-state index in [2.05, 4.69) is 25.1 Å². The second kappa shape index (κ2) is 7.35. The molecule has 0 aromatic carbocycles. The molecule has 0 atom stereocenters. The molecular formula is C13H25N5O2S. The Bertz CT molecular complexity index is 535. The average Bonchev–Trinajstić information content (AvgIpc) is 3.07. The van der Waals surface area contributed by atoms with Crippen molar-refractivity contribution >= 4 is 10.0 Å². The first-order valence-corrected chi connectivity index (χ1v) is 8.95. The van der Waals surface area contributed by atoms with Crippen molar-refractivity contribution in [2.75, 3.05) is 26.2 Å². The van der Waals surface area contributed by atoms with Crippen LogP contribution in [-0.2, 0) is 16.6 Å². The molecule has 1 aliphatic heterocycles. The summed E-state index contributed by atoms with van der Waals surface area (Å²) in [5.74, 6) is 0. The van der Waals surface area contributed by atoms with E-state index in [0.717, 1.165) is 19.6 Å². The van der Waals surface area contributed by atoms with Gasteiger partial charge in [0.2, 0.25) is 0 Å². The molecular weight excluding hydrogens is 290 g/mol. The summed E-state index contributed by atoms with van der Waals surface area (Å²) in [6, 6.07) is 0.290. The third-order valence-corrected chi connectivity index (χ3v) is 5.04. The molecule has 2 rings (SSSR count). The summed E-state index contributed by atoms with van der Waals surface area (Å²) in [5.41, 5.74) is 0.664. The predicted molar refractivity (Wildman–Crippen MR) is 81.4 cm³/mol. The first-order valence-electron chi connectivity index (χ1n) is 7.46. The van der Waals surface area contributed by atoms with Crippen LogP contribution >= 0.6 is 0 Å². The second-order valence-corrected chi connectivity index (χ2v) is 7.41. The smallest absolute Gasteiger partial charge is 0.257 e. The van der Waals surface area contributed by atoms with Gasteiger partial charge in [0.15, 0.2) is 5.03 Å². The summed E-state index contributed by atoms with van der Waals surface area (Å²) in [7, 11) is -3.52. The molecule has 1 saturated heterocycles. The highest BCUT2D eigenvalue weighted by Gasteiger charge is 2.21. The van der Waals surface area contributed by atoms with E-state index in [1.54, 1.807) is 6.20 Å². The van der Waals surface area contributed by atoms with Crippen LogP contribution in [0.1, 0.15) is 32.3 Å². The van der Waals surface area contributed by atoms with Crippen LogP contribution in [-0.4, -0.2) is 55.7 Å². The van der Waals surface area contributed by atoms with Crippen LogP contribution in [0.5, 0.6) is 0 Å². The molecule has 2 heterocycles. The van der Waals surface area contributed by atoms with Gasteiger partial charge in [-0.15, -0.1) is 0 Å². The molecule has 7 nitrogen and oxygen atoms in total. The average molecular weight is 315 g/mol. The van der Waals surface area contributed by atoms with Crippen LogP contribution in [0.4, 0.5) is 0 Å². The fourth-order valence-corrected chi connectivity index (χ4v) is 3.54. The lowest BCUT2D eigenvalue weighted by molar-refractivity contribution is 0.344. The second-order valence-electron chi connectivity index (χ2n) is 5.71. The quantitative estimate of drug-likeness (QED) is 0.641. The van der Waals surface area contributed by atoms with E-state index in [-0.39, 0.29) is 5.03 Å². The van der Waals surface area contributed by atoms with E-state index in [0.29, 0.717) is 24.7 Å². The van der Waals surface area contributed by atoms with Gasteiger partial charge < -0.3 is 10.2 Å². The Morgan fingerprint density at radius 3 is 2.76 bits per heavy atom. The Hall–Kier alpha value is -0.960. The minimum Gasteiger partial charge on any atom is -0.310 e. The van der Waals surface area contributed by atoms with Gasteiger partial charge in [0.1, 0.15) is 0 Å². The zero-order chi connectivity index (χ0) is 15.3. The summed E-state index contributed by atoms with van der Waals surface area (Å²) < 4.78 is 27.3. The van der Waals surface area contributed by atoms with Gasteiger partial charge >= 0.3 is 0 Å². The van der Waals surface area contributed by atoms with Gasteiger partial charge in [-0.05, 0) is 25.9 Å². The molecule has 120 valence electrons. The minimum absolute atomic E-state index is 0.164. The van der Waals surface area contributed by atoms with Crippen molar-refractivity contribution in [2.24, 2.45) is 0 Å². The van der Waals surface area contributed by atoms with Crippen molar-refractivity contribution in [3.63, 3.8) is 0 Å². The molecule has 1 aliphatic rings. The number of sulfonamides is 1. The highest BCUT2D eigenvalue weighted by molar-refractivity contribution is 7.89.